The minimum absolute atomic E-state index is 0.609. The average molecular weight is 258 g/mol. The van der Waals surface area contributed by atoms with Crippen LogP contribution >= 0.6 is 0 Å². The predicted molar refractivity (Wildman–Crippen MR) is 83.9 cm³/mol. The number of anilines is 1. The molecule has 0 aromatic heterocycles. The SMILES string of the molecule is C=C(CNCCC)CN1c2ccccc2CCC1C. The fraction of sp³-hybridized carbons (Fsp3) is 0.529. The van der Waals surface area contributed by atoms with Crippen LogP contribution in [0.25, 0.3) is 0 Å². The number of nitrogens with one attached hydrogen (secondary N) is 1. The van der Waals surface area contributed by atoms with Crippen LogP contribution in [0.1, 0.15) is 32.3 Å². The van der Waals surface area contributed by atoms with E-state index in [0.717, 1.165) is 19.6 Å². The van der Waals surface area contributed by atoms with E-state index in [-0.39, 0.29) is 0 Å². The van der Waals surface area contributed by atoms with Gasteiger partial charge in [0.25, 0.3) is 0 Å². The number of benzene rings is 1. The zero-order valence-corrected chi connectivity index (χ0v) is 12.3. The summed E-state index contributed by atoms with van der Waals surface area (Å²) in [4.78, 5) is 2.51. The van der Waals surface area contributed by atoms with Crippen molar-refractivity contribution in [3.63, 3.8) is 0 Å². The summed E-state index contributed by atoms with van der Waals surface area (Å²) in [7, 11) is 0. The molecule has 2 rings (SSSR count). The smallest absolute Gasteiger partial charge is 0.0404 e. The highest BCUT2D eigenvalue weighted by Gasteiger charge is 2.22. The molecule has 19 heavy (non-hydrogen) atoms. The third kappa shape index (κ3) is 3.60. The van der Waals surface area contributed by atoms with Gasteiger partial charge in [-0.15, -0.1) is 0 Å². The Morgan fingerprint density at radius 1 is 1.42 bits per heavy atom. The van der Waals surface area contributed by atoms with Crippen molar-refractivity contribution in [2.24, 2.45) is 0 Å². The molecule has 1 aromatic rings. The van der Waals surface area contributed by atoms with Crippen molar-refractivity contribution < 1.29 is 0 Å². The van der Waals surface area contributed by atoms with Crippen molar-refractivity contribution in [2.45, 2.75) is 39.2 Å². The van der Waals surface area contributed by atoms with Gasteiger partial charge < -0.3 is 10.2 Å². The second-order valence-corrected chi connectivity index (χ2v) is 5.57. The van der Waals surface area contributed by atoms with Gasteiger partial charge in [-0.3, -0.25) is 0 Å². The van der Waals surface area contributed by atoms with Gasteiger partial charge >= 0.3 is 0 Å². The molecule has 0 aliphatic carbocycles. The number of hydrogen-bond acceptors (Lipinski definition) is 2. The molecule has 2 nitrogen and oxygen atoms in total. The van der Waals surface area contributed by atoms with Crippen LogP contribution in [0, 0.1) is 0 Å². The molecule has 0 fully saturated rings. The van der Waals surface area contributed by atoms with Crippen LogP contribution in [0.2, 0.25) is 0 Å². The summed E-state index contributed by atoms with van der Waals surface area (Å²) in [5.41, 5.74) is 4.16. The first-order valence-electron chi connectivity index (χ1n) is 7.44. The molecule has 1 unspecified atom stereocenters. The van der Waals surface area contributed by atoms with Crippen LogP contribution in [0.4, 0.5) is 5.69 Å². The quantitative estimate of drug-likeness (QED) is 0.621. The average Bonchev–Trinajstić information content (AvgIpc) is 2.42. The number of fused-ring (bicyclic) bond motifs is 1. The Bertz CT molecular complexity index is 425. The van der Waals surface area contributed by atoms with E-state index in [0.29, 0.717) is 6.04 Å². The van der Waals surface area contributed by atoms with Gasteiger partial charge in [0.1, 0.15) is 0 Å². The lowest BCUT2D eigenvalue weighted by Crippen LogP contribution is -2.39. The highest BCUT2D eigenvalue weighted by atomic mass is 15.2. The summed E-state index contributed by atoms with van der Waals surface area (Å²) in [5.74, 6) is 0. The maximum absolute atomic E-state index is 4.22. The minimum Gasteiger partial charge on any atom is -0.365 e. The van der Waals surface area contributed by atoms with Crippen molar-refractivity contribution >= 4 is 5.69 Å². The third-order valence-corrected chi connectivity index (χ3v) is 3.86. The van der Waals surface area contributed by atoms with Crippen molar-refractivity contribution in [2.75, 3.05) is 24.5 Å². The Balaban J connectivity index is 2.01. The Labute approximate surface area is 117 Å². The summed E-state index contributed by atoms with van der Waals surface area (Å²) < 4.78 is 0. The molecule has 0 radical (unpaired) electrons. The summed E-state index contributed by atoms with van der Waals surface area (Å²) in [6.07, 6.45) is 3.62. The Hall–Kier alpha value is -1.28. The van der Waals surface area contributed by atoms with E-state index in [4.69, 9.17) is 0 Å². The van der Waals surface area contributed by atoms with Gasteiger partial charge in [-0.05, 0) is 49.9 Å². The fourth-order valence-corrected chi connectivity index (χ4v) is 2.74. The topological polar surface area (TPSA) is 15.3 Å². The van der Waals surface area contributed by atoms with Crippen LogP contribution in [0.3, 0.4) is 0 Å². The third-order valence-electron chi connectivity index (χ3n) is 3.86. The molecule has 0 amide bonds. The van der Waals surface area contributed by atoms with Crippen molar-refractivity contribution in [1.29, 1.82) is 0 Å². The molecule has 2 heteroatoms. The van der Waals surface area contributed by atoms with Gasteiger partial charge in [0.05, 0.1) is 0 Å². The first kappa shape index (κ1) is 14.1. The summed E-state index contributed by atoms with van der Waals surface area (Å²) >= 11 is 0. The highest BCUT2D eigenvalue weighted by Crippen LogP contribution is 2.30. The number of para-hydroxylation sites is 1. The molecule has 1 aliphatic heterocycles. The standard InChI is InChI=1S/C17H26N2/c1-4-11-18-12-14(2)13-19-15(3)9-10-16-7-5-6-8-17(16)19/h5-8,15,18H,2,4,9-13H2,1,3H3. The molecule has 1 atom stereocenters. The Morgan fingerprint density at radius 3 is 3.00 bits per heavy atom. The first-order chi connectivity index (χ1) is 9.22. The molecule has 0 saturated heterocycles. The molecule has 1 heterocycles. The highest BCUT2D eigenvalue weighted by molar-refractivity contribution is 5.57. The van der Waals surface area contributed by atoms with Crippen LogP contribution in [-0.2, 0) is 6.42 Å². The molecule has 1 aromatic carbocycles. The van der Waals surface area contributed by atoms with Crippen LogP contribution in [0.15, 0.2) is 36.4 Å². The molecule has 104 valence electrons. The van der Waals surface area contributed by atoms with Crippen molar-refractivity contribution in [3.05, 3.63) is 42.0 Å². The van der Waals surface area contributed by atoms with Crippen molar-refractivity contribution in [1.82, 2.24) is 5.32 Å². The summed E-state index contributed by atoms with van der Waals surface area (Å²) in [6, 6.07) is 9.40. The number of nitrogens with zero attached hydrogens (tertiary/aromatic N) is 1. The van der Waals surface area contributed by atoms with Crippen LogP contribution in [-0.4, -0.2) is 25.7 Å². The zero-order chi connectivity index (χ0) is 13.7. The second-order valence-electron chi connectivity index (χ2n) is 5.57. The molecule has 0 spiro atoms. The van der Waals surface area contributed by atoms with Gasteiger partial charge in [-0.25, -0.2) is 0 Å². The first-order valence-corrected chi connectivity index (χ1v) is 7.44. The van der Waals surface area contributed by atoms with E-state index in [2.05, 4.69) is 54.9 Å². The van der Waals surface area contributed by atoms with Gasteiger partial charge in [-0.2, -0.15) is 0 Å². The van der Waals surface area contributed by atoms with Crippen LogP contribution < -0.4 is 10.2 Å². The van der Waals surface area contributed by atoms with E-state index >= 15 is 0 Å². The summed E-state index contributed by atoms with van der Waals surface area (Å²) in [5, 5.41) is 3.44. The van der Waals surface area contributed by atoms with Gasteiger partial charge in [0, 0.05) is 24.8 Å². The van der Waals surface area contributed by atoms with Crippen LogP contribution in [0.5, 0.6) is 0 Å². The lowest BCUT2D eigenvalue weighted by Gasteiger charge is -2.37. The van der Waals surface area contributed by atoms with E-state index in [1.54, 1.807) is 0 Å². The number of rotatable bonds is 6. The molecule has 0 saturated carbocycles. The van der Waals surface area contributed by atoms with E-state index in [9.17, 15) is 0 Å². The zero-order valence-electron chi connectivity index (χ0n) is 12.3. The maximum Gasteiger partial charge on any atom is 0.0404 e. The largest absolute Gasteiger partial charge is 0.365 e. The molecule has 1 N–H and O–H groups in total. The van der Waals surface area contributed by atoms with Gasteiger partial charge in [0.15, 0.2) is 0 Å². The van der Waals surface area contributed by atoms with E-state index in [1.807, 2.05) is 0 Å². The minimum atomic E-state index is 0.609. The number of aryl methyl sites for hydroxylation is 1. The van der Waals surface area contributed by atoms with E-state index in [1.165, 1.54) is 36.1 Å². The number of hydrogen-bond donors (Lipinski definition) is 1. The summed E-state index contributed by atoms with van der Waals surface area (Å²) in [6.45, 7) is 11.7. The Kier molecular flexibility index (Phi) is 5.03. The fourth-order valence-electron chi connectivity index (χ4n) is 2.74. The molecule has 1 aliphatic rings. The monoisotopic (exact) mass is 258 g/mol. The normalized spacial score (nSPS) is 18.2. The lowest BCUT2D eigenvalue weighted by atomic mass is 9.96. The van der Waals surface area contributed by atoms with Gasteiger partial charge in [-0.1, -0.05) is 31.7 Å². The Morgan fingerprint density at radius 2 is 2.21 bits per heavy atom. The van der Waals surface area contributed by atoms with E-state index < -0.39 is 0 Å². The second kappa shape index (κ2) is 6.76. The molecule has 0 bridgehead atoms. The lowest BCUT2D eigenvalue weighted by molar-refractivity contribution is 0.571. The molecular formula is C17H26N2. The predicted octanol–water partition coefficient (Wildman–Crippen LogP) is 3.38. The maximum atomic E-state index is 4.22. The van der Waals surface area contributed by atoms with Gasteiger partial charge in [0.2, 0.25) is 0 Å². The molecular weight excluding hydrogens is 232 g/mol. The van der Waals surface area contributed by atoms with Crippen molar-refractivity contribution in [3.8, 4) is 0 Å².